The molecule has 2 atom stereocenters. The molecular weight excluding hydrogens is 786 g/mol. The average Bonchev–Trinajstić information content (AvgIpc) is 3.83. The summed E-state index contributed by atoms with van der Waals surface area (Å²) < 4.78 is 0. The van der Waals surface area contributed by atoms with Crippen molar-refractivity contribution in [2.24, 2.45) is 5.16 Å². The third-order valence-corrected chi connectivity index (χ3v) is 12.1. The summed E-state index contributed by atoms with van der Waals surface area (Å²) in [5, 5.41) is 18.8. The van der Waals surface area contributed by atoms with Crippen LogP contribution in [0.5, 0.6) is 0 Å². The first-order valence-electron chi connectivity index (χ1n) is 17.7. The van der Waals surface area contributed by atoms with Crippen LogP contribution in [0.4, 0.5) is 10.8 Å². The van der Waals surface area contributed by atoms with Gasteiger partial charge in [0.1, 0.15) is 22.8 Å². The lowest BCUT2D eigenvalue weighted by atomic mass is 9.80. The number of nitrogens with zero attached hydrogens (tertiary/aromatic N) is 5. The zero-order chi connectivity index (χ0) is 39.7. The quantitative estimate of drug-likeness (QED) is 0.0380. The SMILES string of the molecule is Nc1nc(/C(=N/OC(c2ccccc2)(c2ccccc2)c2ccccc2)C(=O)N[C@@H]2C(=O)N3C(C(=O)O)=C(/C=C4\CCN(c5cccnc5Cl)C4=O)CS[C@H]23)cs1. The number of rotatable bonds is 11. The summed E-state index contributed by atoms with van der Waals surface area (Å²) in [5.74, 6) is -2.92. The summed E-state index contributed by atoms with van der Waals surface area (Å²) in [5.41, 5.74) is 7.65. The van der Waals surface area contributed by atoms with E-state index in [4.69, 9.17) is 22.2 Å². The fourth-order valence-corrected chi connectivity index (χ4v) is 9.20. The van der Waals surface area contributed by atoms with Crippen LogP contribution in [-0.4, -0.2) is 73.1 Å². The van der Waals surface area contributed by atoms with Crippen LogP contribution in [-0.2, 0) is 29.6 Å². The number of allylic oxidation sites excluding steroid dienone is 1. The number of anilines is 2. The highest BCUT2D eigenvalue weighted by Crippen LogP contribution is 2.43. The first kappa shape index (κ1) is 37.6. The van der Waals surface area contributed by atoms with Crippen LogP contribution >= 0.6 is 34.7 Å². The number of thiazole rings is 1. The van der Waals surface area contributed by atoms with E-state index in [0.29, 0.717) is 29.8 Å². The van der Waals surface area contributed by atoms with Gasteiger partial charge < -0.3 is 25.9 Å². The van der Waals surface area contributed by atoms with E-state index >= 15 is 0 Å². The molecule has 3 amide bonds. The van der Waals surface area contributed by atoms with Crippen molar-refractivity contribution >= 4 is 74.9 Å². The molecule has 3 aliphatic rings. The first-order valence-corrected chi connectivity index (χ1v) is 20.0. The van der Waals surface area contributed by atoms with Crippen molar-refractivity contribution in [3.63, 3.8) is 0 Å². The molecule has 0 spiro atoms. The highest BCUT2D eigenvalue weighted by Gasteiger charge is 2.54. The van der Waals surface area contributed by atoms with Gasteiger partial charge in [-0.3, -0.25) is 19.3 Å². The average molecular weight is 818 g/mol. The smallest absolute Gasteiger partial charge is 0.352 e. The van der Waals surface area contributed by atoms with Gasteiger partial charge in [0, 0.05) is 46.1 Å². The van der Waals surface area contributed by atoms with Gasteiger partial charge in [0.15, 0.2) is 16.0 Å². The summed E-state index contributed by atoms with van der Waals surface area (Å²) in [6, 6.07) is 30.7. The van der Waals surface area contributed by atoms with E-state index in [1.54, 1.807) is 17.5 Å². The highest BCUT2D eigenvalue weighted by molar-refractivity contribution is 8.00. The maximum absolute atomic E-state index is 14.2. The van der Waals surface area contributed by atoms with E-state index < -0.39 is 34.8 Å². The molecule has 8 rings (SSSR count). The van der Waals surface area contributed by atoms with E-state index in [0.717, 1.165) is 32.9 Å². The maximum Gasteiger partial charge on any atom is 0.352 e. The van der Waals surface area contributed by atoms with Gasteiger partial charge in [-0.05, 0) is 30.2 Å². The lowest BCUT2D eigenvalue weighted by Gasteiger charge is -2.49. The highest BCUT2D eigenvalue weighted by atomic mass is 35.5. The standard InChI is InChI=1S/C41H32ClN7O6S2/c42-34-30(17-10-19-44-34)48-20-18-24(36(48)51)21-25-22-56-38-32(37(52)49(38)33(25)39(53)54)46-35(50)31(29-23-57-40(43)45-29)47-55-41(26-11-4-1-5-12-26,27-13-6-2-7-14-27)28-15-8-3-9-16-28/h1-17,19,21,23,32,38H,18,20,22H2,(H2,43,45)(H,46,50)(H,53,54)/b24-21+,47-31-/t32-,38-/m1/s1. The Morgan fingerprint density at radius 3 is 2.16 bits per heavy atom. The monoisotopic (exact) mass is 817 g/mol. The largest absolute Gasteiger partial charge is 0.477 e. The van der Waals surface area contributed by atoms with Gasteiger partial charge in [0.25, 0.3) is 17.7 Å². The van der Waals surface area contributed by atoms with Crippen LogP contribution in [0, 0.1) is 0 Å². The van der Waals surface area contributed by atoms with E-state index in [1.165, 1.54) is 28.9 Å². The molecule has 2 aromatic heterocycles. The van der Waals surface area contributed by atoms with Crippen molar-refractivity contribution in [2.45, 2.75) is 23.4 Å². The predicted octanol–water partition coefficient (Wildman–Crippen LogP) is 5.59. The second kappa shape index (κ2) is 15.7. The number of nitrogens with two attached hydrogens (primary N) is 1. The molecule has 16 heteroatoms. The number of aromatic nitrogens is 2. The van der Waals surface area contributed by atoms with Crippen molar-refractivity contribution in [1.29, 1.82) is 0 Å². The Labute approximate surface area is 339 Å². The van der Waals surface area contributed by atoms with E-state index in [2.05, 4.69) is 20.4 Å². The molecule has 0 radical (unpaired) electrons. The fourth-order valence-electron chi connectivity index (χ4n) is 7.12. The number of carboxylic acids is 1. The van der Waals surface area contributed by atoms with Crippen molar-refractivity contribution in [3.8, 4) is 0 Å². The van der Waals surface area contributed by atoms with Crippen LogP contribution in [0.15, 0.2) is 143 Å². The molecule has 4 N–H and O–H groups in total. The summed E-state index contributed by atoms with van der Waals surface area (Å²) in [4.78, 5) is 71.7. The Kier molecular flexibility index (Phi) is 10.4. The molecule has 3 aliphatic heterocycles. The number of thioether (sulfide) groups is 1. The second-order valence-corrected chi connectivity index (χ2v) is 15.5. The number of fused-ring (bicyclic) bond motifs is 1. The predicted molar refractivity (Wildman–Crippen MR) is 217 cm³/mol. The number of hydrogen-bond donors (Lipinski definition) is 3. The minimum Gasteiger partial charge on any atom is -0.477 e. The van der Waals surface area contributed by atoms with Gasteiger partial charge >= 0.3 is 5.97 Å². The molecule has 0 unspecified atom stereocenters. The fraction of sp³-hybridized carbons (Fsp3) is 0.146. The summed E-state index contributed by atoms with van der Waals surface area (Å²) >= 11 is 8.61. The third-order valence-electron chi connectivity index (χ3n) is 9.78. The zero-order valence-electron chi connectivity index (χ0n) is 29.8. The molecule has 0 saturated carbocycles. The van der Waals surface area contributed by atoms with Crippen LogP contribution < -0.4 is 16.0 Å². The minimum absolute atomic E-state index is 0.126. The van der Waals surface area contributed by atoms with Crippen LogP contribution in [0.3, 0.4) is 0 Å². The normalized spacial score (nSPS) is 19.0. The first-order chi connectivity index (χ1) is 27.7. The number of β-lactam (4-membered cyclic amide) rings is 1. The Balaban J connectivity index is 1.10. The molecule has 13 nitrogen and oxygen atoms in total. The van der Waals surface area contributed by atoms with E-state index in [9.17, 15) is 24.3 Å². The lowest BCUT2D eigenvalue weighted by molar-refractivity contribution is -0.150. The molecule has 3 aromatic carbocycles. The summed E-state index contributed by atoms with van der Waals surface area (Å²) in [7, 11) is 0. The Bertz CT molecular complexity index is 2380. The molecule has 0 aliphatic carbocycles. The number of nitrogens with one attached hydrogen (secondary N) is 1. The van der Waals surface area contributed by atoms with Crippen LogP contribution in [0.2, 0.25) is 5.15 Å². The maximum atomic E-state index is 14.2. The van der Waals surface area contributed by atoms with E-state index in [1.807, 2.05) is 91.0 Å². The third kappa shape index (κ3) is 6.94. The number of amides is 3. The van der Waals surface area contributed by atoms with Crippen molar-refractivity contribution in [1.82, 2.24) is 20.2 Å². The molecule has 5 heterocycles. The molecule has 286 valence electrons. The Morgan fingerprint density at radius 2 is 1.60 bits per heavy atom. The van der Waals surface area contributed by atoms with Crippen molar-refractivity contribution < 1.29 is 29.1 Å². The topological polar surface area (TPSA) is 180 Å². The van der Waals surface area contributed by atoms with Gasteiger partial charge in [-0.2, -0.15) is 0 Å². The number of nitrogen functional groups attached to an aromatic ring is 1. The molecule has 2 fully saturated rings. The number of carbonyl (C=O) groups excluding carboxylic acids is 3. The molecule has 57 heavy (non-hydrogen) atoms. The van der Waals surface area contributed by atoms with Crippen molar-refractivity contribution in [3.05, 3.63) is 165 Å². The summed E-state index contributed by atoms with van der Waals surface area (Å²) in [6.07, 6.45) is 3.39. The Hall–Kier alpha value is -6.29. The van der Waals surface area contributed by atoms with Gasteiger partial charge in [-0.25, -0.2) is 14.8 Å². The minimum atomic E-state index is -1.34. The molecule has 5 aromatic rings. The van der Waals surface area contributed by atoms with Crippen LogP contribution in [0.25, 0.3) is 0 Å². The van der Waals surface area contributed by atoms with E-state index in [-0.39, 0.29) is 39.0 Å². The summed E-state index contributed by atoms with van der Waals surface area (Å²) in [6.45, 7) is 0.333. The number of carboxylic acid groups (broad SMARTS) is 1. The second-order valence-electron chi connectivity index (χ2n) is 13.1. The van der Waals surface area contributed by atoms with Gasteiger partial charge in [0.05, 0.1) is 5.69 Å². The number of pyridine rings is 1. The van der Waals surface area contributed by atoms with Gasteiger partial charge in [-0.1, -0.05) is 108 Å². The molecule has 2 saturated heterocycles. The van der Waals surface area contributed by atoms with Gasteiger partial charge in [0.2, 0.25) is 5.60 Å². The van der Waals surface area contributed by atoms with Crippen LogP contribution in [0.1, 0.15) is 28.8 Å². The number of halogens is 1. The number of aliphatic carboxylic acids is 1. The number of benzene rings is 3. The Morgan fingerprint density at radius 1 is 0.965 bits per heavy atom. The molecule has 0 bridgehead atoms. The van der Waals surface area contributed by atoms with Gasteiger partial charge in [-0.15, -0.1) is 23.1 Å². The molecular formula is C41H32ClN7O6S2. The van der Waals surface area contributed by atoms with Crippen molar-refractivity contribution in [2.75, 3.05) is 22.9 Å². The zero-order valence-corrected chi connectivity index (χ0v) is 32.2. The number of oxime groups is 1. The number of hydrogen-bond acceptors (Lipinski definition) is 11. The number of carbonyl (C=O) groups is 4. The lowest BCUT2D eigenvalue weighted by Crippen LogP contribution is -2.71.